The van der Waals surface area contributed by atoms with Gasteiger partial charge >= 0.3 is 6.03 Å². The van der Waals surface area contributed by atoms with Crippen LogP contribution >= 0.6 is 0 Å². The number of para-hydroxylation sites is 1. The van der Waals surface area contributed by atoms with E-state index in [0.717, 1.165) is 29.7 Å². The Kier molecular flexibility index (Phi) is 4.84. The molecule has 1 aliphatic heterocycles. The van der Waals surface area contributed by atoms with Gasteiger partial charge in [0, 0.05) is 5.69 Å². The Morgan fingerprint density at radius 3 is 2.67 bits per heavy atom. The smallest absolute Gasteiger partial charge is 0.318 e. The number of anilines is 1. The molecule has 0 unspecified atom stereocenters. The number of rotatable bonds is 2. The molecule has 140 valence electrons. The van der Waals surface area contributed by atoms with Gasteiger partial charge < -0.3 is 15.5 Å². The van der Waals surface area contributed by atoms with Crippen molar-refractivity contribution in [2.45, 2.75) is 45.2 Å². The van der Waals surface area contributed by atoms with E-state index in [4.69, 9.17) is 0 Å². The number of benzene rings is 2. The highest BCUT2D eigenvalue weighted by atomic mass is 16.2. The van der Waals surface area contributed by atoms with Gasteiger partial charge in [0.25, 0.3) is 0 Å². The molecule has 5 nitrogen and oxygen atoms in total. The number of hydrogen-bond donors (Lipinski definition) is 2. The molecule has 0 saturated carbocycles. The zero-order valence-electron chi connectivity index (χ0n) is 15.6. The topological polar surface area (TPSA) is 61.4 Å². The summed E-state index contributed by atoms with van der Waals surface area (Å²) < 4.78 is 0. The first-order valence-corrected chi connectivity index (χ1v) is 9.65. The number of nitrogens with zero attached hydrogens (tertiary/aromatic N) is 1. The number of nitrogens with one attached hydrogen (secondary N) is 2. The average Bonchev–Trinajstić information content (AvgIpc) is 2.85. The monoisotopic (exact) mass is 363 g/mol. The van der Waals surface area contributed by atoms with Crippen molar-refractivity contribution in [1.29, 1.82) is 0 Å². The predicted molar refractivity (Wildman–Crippen MR) is 106 cm³/mol. The van der Waals surface area contributed by atoms with E-state index in [1.165, 1.54) is 24.0 Å². The molecule has 0 bridgehead atoms. The van der Waals surface area contributed by atoms with Gasteiger partial charge in [0.2, 0.25) is 5.91 Å². The second-order valence-electron chi connectivity index (χ2n) is 7.47. The van der Waals surface area contributed by atoms with Crippen molar-refractivity contribution in [3.8, 4) is 0 Å². The van der Waals surface area contributed by atoms with Crippen molar-refractivity contribution in [1.82, 2.24) is 10.2 Å². The molecule has 1 heterocycles. The highest BCUT2D eigenvalue weighted by Crippen LogP contribution is 2.25. The minimum Gasteiger partial charge on any atom is -0.331 e. The van der Waals surface area contributed by atoms with E-state index in [9.17, 15) is 9.59 Å². The van der Waals surface area contributed by atoms with E-state index in [0.29, 0.717) is 6.54 Å². The van der Waals surface area contributed by atoms with Gasteiger partial charge in [0.1, 0.15) is 6.54 Å². The molecule has 1 atom stereocenters. The molecule has 0 fully saturated rings. The predicted octanol–water partition coefficient (Wildman–Crippen LogP) is 3.79. The Bertz CT molecular complexity index is 878. The van der Waals surface area contributed by atoms with Gasteiger partial charge in [0.05, 0.1) is 12.6 Å². The van der Waals surface area contributed by atoms with Crippen LogP contribution in [0.1, 0.15) is 48.1 Å². The minimum absolute atomic E-state index is 0.0530. The lowest BCUT2D eigenvalue weighted by molar-refractivity contribution is -0.116. The number of amides is 3. The summed E-state index contributed by atoms with van der Waals surface area (Å²) in [6.45, 7) is 2.46. The summed E-state index contributed by atoms with van der Waals surface area (Å²) in [4.78, 5) is 26.5. The van der Waals surface area contributed by atoms with Gasteiger partial charge in [-0.2, -0.15) is 0 Å². The summed E-state index contributed by atoms with van der Waals surface area (Å²) >= 11 is 0. The van der Waals surface area contributed by atoms with Crippen LogP contribution in [-0.4, -0.2) is 23.4 Å². The van der Waals surface area contributed by atoms with Crippen molar-refractivity contribution in [2.75, 3.05) is 11.9 Å². The van der Waals surface area contributed by atoms with Gasteiger partial charge in [-0.25, -0.2) is 4.79 Å². The molecular formula is C22H25N3O2. The third kappa shape index (κ3) is 3.82. The highest BCUT2D eigenvalue weighted by molar-refractivity contribution is 5.96. The molecule has 0 radical (unpaired) electrons. The number of fused-ring (bicyclic) bond motifs is 2. The third-order valence-electron chi connectivity index (χ3n) is 5.49. The molecule has 0 saturated heterocycles. The summed E-state index contributed by atoms with van der Waals surface area (Å²) in [5, 5.41) is 5.92. The molecule has 2 aromatic rings. The molecule has 2 N–H and O–H groups in total. The first-order valence-electron chi connectivity index (χ1n) is 9.65. The number of aryl methyl sites for hydroxylation is 2. The number of hydrogen-bond acceptors (Lipinski definition) is 2. The second-order valence-corrected chi connectivity index (χ2v) is 7.47. The Morgan fingerprint density at radius 1 is 1.04 bits per heavy atom. The highest BCUT2D eigenvalue weighted by Gasteiger charge is 2.24. The van der Waals surface area contributed by atoms with Gasteiger partial charge in [-0.1, -0.05) is 36.4 Å². The molecule has 1 aliphatic carbocycles. The lowest BCUT2D eigenvalue weighted by atomic mass is 9.89. The summed E-state index contributed by atoms with van der Waals surface area (Å²) in [5.41, 5.74) is 5.68. The van der Waals surface area contributed by atoms with Crippen molar-refractivity contribution in [3.63, 3.8) is 0 Å². The van der Waals surface area contributed by atoms with Crippen molar-refractivity contribution >= 4 is 17.6 Å². The van der Waals surface area contributed by atoms with Crippen LogP contribution in [0, 0.1) is 0 Å². The second kappa shape index (κ2) is 7.43. The third-order valence-corrected chi connectivity index (χ3v) is 5.49. The largest absolute Gasteiger partial charge is 0.331 e. The van der Waals surface area contributed by atoms with Gasteiger partial charge in [-0.3, -0.25) is 4.79 Å². The van der Waals surface area contributed by atoms with Crippen molar-refractivity contribution in [2.24, 2.45) is 0 Å². The average molecular weight is 363 g/mol. The normalized spacial score (nSPS) is 17.2. The number of carbonyl (C=O) groups excluding carboxylic acids is 2. The lowest BCUT2D eigenvalue weighted by Crippen LogP contribution is -2.43. The van der Waals surface area contributed by atoms with E-state index in [1.54, 1.807) is 4.90 Å². The SMILES string of the molecule is C[C@@H](NC(=O)N1CC(=O)Nc2ccccc2C1)c1ccc2c(c1)CCCC2. The zero-order chi connectivity index (χ0) is 18.8. The molecule has 5 heteroatoms. The summed E-state index contributed by atoms with van der Waals surface area (Å²) in [6.07, 6.45) is 4.77. The molecule has 4 rings (SSSR count). The van der Waals surface area contributed by atoms with E-state index in [-0.39, 0.29) is 24.5 Å². The van der Waals surface area contributed by atoms with Crippen LogP contribution in [0.15, 0.2) is 42.5 Å². The van der Waals surface area contributed by atoms with Gasteiger partial charge in [-0.05, 0) is 60.9 Å². The molecular weight excluding hydrogens is 338 g/mol. The van der Waals surface area contributed by atoms with Crippen LogP contribution in [0.2, 0.25) is 0 Å². The van der Waals surface area contributed by atoms with Crippen LogP contribution in [0.25, 0.3) is 0 Å². The maximum Gasteiger partial charge on any atom is 0.318 e. The Hall–Kier alpha value is -2.82. The zero-order valence-corrected chi connectivity index (χ0v) is 15.6. The Morgan fingerprint density at radius 2 is 1.81 bits per heavy atom. The molecule has 0 aromatic heterocycles. The first kappa shape index (κ1) is 17.6. The van der Waals surface area contributed by atoms with Crippen LogP contribution in [0.3, 0.4) is 0 Å². The maximum absolute atomic E-state index is 12.8. The quantitative estimate of drug-likeness (QED) is 0.853. The fourth-order valence-electron chi connectivity index (χ4n) is 3.93. The van der Waals surface area contributed by atoms with Crippen molar-refractivity contribution in [3.05, 3.63) is 64.7 Å². The van der Waals surface area contributed by atoms with Gasteiger partial charge in [-0.15, -0.1) is 0 Å². The van der Waals surface area contributed by atoms with E-state index in [1.807, 2.05) is 31.2 Å². The fourth-order valence-corrected chi connectivity index (χ4v) is 3.93. The first-order chi connectivity index (χ1) is 13.1. The number of carbonyl (C=O) groups is 2. The molecule has 2 aliphatic rings. The number of urea groups is 1. The molecule has 3 amide bonds. The fraction of sp³-hybridized carbons (Fsp3) is 0.364. The Labute approximate surface area is 159 Å². The summed E-state index contributed by atoms with van der Waals surface area (Å²) in [5.74, 6) is -0.170. The Balaban J connectivity index is 1.47. The van der Waals surface area contributed by atoms with Gasteiger partial charge in [0.15, 0.2) is 0 Å². The summed E-state index contributed by atoms with van der Waals surface area (Å²) in [7, 11) is 0. The molecule has 27 heavy (non-hydrogen) atoms. The van der Waals surface area contributed by atoms with E-state index in [2.05, 4.69) is 28.8 Å². The minimum atomic E-state index is -0.216. The standard InChI is InChI=1S/C22H25N3O2/c1-15(17-11-10-16-6-2-3-7-18(16)12-17)23-22(27)25-13-19-8-4-5-9-20(19)24-21(26)14-25/h4-5,8-12,15H,2-3,6-7,13-14H2,1H3,(H,23,27)(H,24,26)/t15-/m1/s1. The summed E-state index contributed by atoms with van der Waals surface area (Å²) in [6, 6.07) is 13.8. The van der Waals surface area contributed by atoms with Crippen LogP contribution in [0.5, 0.6) is 0 Å². The van der Waals surface area contributed by atoms with Crippen LogP contribution in [0.4, 0.5) is 10.5 Å². The lowest BCUT2D eigenvalue weighted by Gasteiger charge is -2.24. The van der Waals surface area contributed by atoms with Crippen molar-refractivity contribution < 1.29 is 9.59 Å². The van der Waals surface area contributed by atoms with E-state index < -0.39 is 0 Å². The molecule has 2 aromatic carbocycles. The van der Waals surface area contributed by atoms with E-state index >= 15 is 0 Å². The van der Waals surface area contributed by atoms with Crippen LogP contribution < -0.4 is 10.6 Å². The van der Waals surface area contributed by atoms with Crippen LogP contribution in [-0.2, 0) is 24.2 Å². The molecule has 0 spiro atoms. The maximum atomic E-state index is 12.8.